The lowest BCUT2D eigenvalue weighted by molar-refractivity contribution is -0.137. The average molecular weight is 387 g/mol. The number of carboxylic acids is 1. The fraction of sp³-hybridized carbons (Fsp3) is 0.524. The molecule has 2 fully saturated rings. The van der Waals surface area contributed by atoms with E-state index in [9.17, 15) is 9.59 Å². The van der Waals surface area contributed by atoms with Gasteiger partial charge in [0.05, 0.1) is 12.2 Å². The number of allylic oxidation sites excluding steroid dienone is 2. The zero-order valence-electron chi connectivity index (χ0n) is 16.0. The molecule has 2 heterocycles. The van der Waals surface area contributed by atoms with Gasteiger partial charge in [-0.25, -0.2) is 10.2 Å². The van der Waals surface area contributed by atoms with Crippen molar-refractivity contribution in [3.8, 4) is 0 Å². The zero-order valence-corrected chi connectivity index (χ0v) is 16.0. The maximum Gasteiger partial charge on any atom is 0.333 e. The van der Waals surface area contributed by atoms with Gasteiger partial charge in [0.15, 0.2) is 0 Å². The number of unbranched alkanes of at least 4 members (excludes halogenated alkanes) is 1. The van der Waals surface area contributed by atoms with Crippen molar-refractivity contribution < 1.29 is 19.4 Å². The van der Waals surface area contributed by atoms with Crippen molar-refractivity contribution >= 4 is 17.7 Å². The maximum absolute atomic E-state index is 12.0. The van der Waals surface area contributed by atoms with Gasteiger partial charge in [-0.3, -0.25) is 10.2 Å². The number of para-hydroxylation sites is 1. The molecule has 28 heavy (non-hydrogen) atoms. The number of rotatable bonds is 10. The van der Waals surface area contributed by atoms with E-state index < -0.39 is 5.97 Å². The Bertz CT molecular complexity index is 679. The number of hydrazine groups is 1. The summed E-state index contributed by atoms with van der Waals surface area (Å²) >= 11 is 0. The molecule has 3 rings (SSSR count). The molecular weight excluding hydrogens is 358 g/mol. The van der Waals surface area contributed by atoms with Crippen LogP contribution in [0.1, 0.15) is 38.5 Å². The standard InChI is InChI=1S/C21H29N3O4/c25-20(26)11-7-2-1-6-10-16-17(19-13-12-18(16)28-19)14-22-24-21(27)23-15-8-4-3-5-9-15/h1,3-6,8-9,16-19,22H,2,7,10-14H2,(H,25,26)(H2,23,24,27)/b6-1-/t16-,17-,18+,19+/m0/s1. The van der Waals surface area contributed by atoms with E-state index in [-0.39, 0.29) is 18.6 Å². The summed E-state index contributed by atoms with van der Waals surface area (Å²) in [6, 6.07) is 9.03. The fourth-order valence-corrected chi connectivity index (χ4v) is 4.16. The lowest BCUT2D eigenvalue weighted by Crippen LogP contribution is -2.45. The van der Waals surface area contributed by atoms with Gasteiger partial charge >= 0.3 is 12.0 Å². The molecule has 0 unspecified atom stereocenters. The summed E-state index contributed by atoms with van der Waals surface area (Å²) in [5.41, 5.74) is 6.50. The highest BCUT2D eigenvalue weighted by Crippen LogP contribution is 2.44. The van der Waals surface area contributed by atoms with E-state index in [1.807, 2.05) is 30.3 Å². The Morgan fingerprint density at radius 1 is 1.11 bits per heavy atom. The van der Waals surface area contributed by atoms with Gasteiger partial charge in [0.2, 0.25) is 0 Å². The Balaban J connectivity index is 1.40. The summed E-state index contributed by atoms with van der Waals surface area (Å²) in [4.78, 5) is 22.5. The number of carbonyl (C=O) groups excluding carboxylic acids is 1. The number of hydrogen-bond donors (Lipinski definition) is 4. The van der Waals surface area contributed by atoms with E-state index in [4.69, 9.17) is 9.84 Å². The number of carbonyl (C=O) groups is 2. The molecule has 2 amide bonds. The third-order valence-corrected chi connectivity index (χ3v) is 5.50. The first-order chi connectivity index (χ1) is 13.6. The largest absolute Gasteiger partial charge is 0.481 e. The highest BCUT2D eigenvalue weighted by molar-refractivity contribution is 5.88. The second-order valence-electron chi connectivity index (χ2n) is 7.44. The van der Waals surface area contributed by atoms with Gasteiger partial charge < -0.3 is 15.2 Å². The summed E-state index contributed by atoms with van der Waals surface area (Å²) in [6.45, 7) is 0.668. The van der Waals surface area contributed by atoms with E-state index in [0.717, 1.165) is 31.4 Å². The maximum atomic E-state index is 12.0. The molecule has 0 radical (unpaired) electrons. The van der Waals surface area contributed by atoms with Crippen LogP contribution in [0.5, 0.6) is 0 Å². The monoisotopic (exact) mass is 387 g/mol. The van der Waals surface area contributed by atoms with Gasteiger partial charge in [0.1, 0.15) is 0 Å². The number of hydrogen-bond acceptors (Lipinski definition) is 4. The summed E-state index contributed by atoms with van der Waals surface area (Å²) in [6.07, 6.45) is 9.54. The van der Waals surface area contributed by atoms with Crippen molar-refractivity contribution in [1.82, 2.24) is 10.9 Å². The predicted octanol–water partition coefficient (Wildman–Crippen LogP) is 3.31. The van der Waals surface area contributed by atoms with Crippen LogP contribution in [-0.2, 0) is 9.53 Å². The summed E-state index contributed by atoms with van der Waals surface area (Å²) < 4.78 is 6.08. The van der Waals surface area contributed by atoms with Gasteiger partial charge in [-0.15, -0.1) is 0 Å². The topological polar surface area (TPSA) is 99.7 Å². The van der Waals surface area contributed by atoms with Crippen molar-refractivity contribution in [3.05, 3.63) is 42.5 Å². The van der Waals surface area contributed by atoms with E-state index in [1.165, 1.54) is 0 Å². The molecule has 7 nitrogen and oxygen atoms in total. The lowest BCUT2D eigenvalue weighted by atomic mass is 9.77. The van der Waals surface area contributed by atoms with Crippen LogP contribution in [-0.4, -0.2) is 35.9 Å². The highest BCUT2D eigenvalue weighted by Gasteiger charge is 2.47. The SMILES string of the molecule is O=C(O)CCC/C=C\C[C@H]1[C@H](CNNC(=O)Nc2ccccc2)[C@H]2CC[C@H]1O2. The first-order valence-corrected chi connectivity index (χ1v) is 10.0. The van der Waals surface area contributed by atoms with Crippen LogP contribution in [0.15, 0.2) is 42.5 Å². The zero-order chi connectivity index (χ0) is 19.8. The molecule has 4 atom stereocenters. The Hall–Kier alpha value is -2.38. The van der Waals surface area contributed by atoms with Crippen LogP contribution in [0.25, 0.3) is 0 Å². The third kappa shape index (κ3) is 5.81. The van der Waals surface area contributed by atoms with Crippen LogP contribution < -0.4 is 16.2 Å². The average Bonchev–Trinajstić information content (AvgIpc) is 3.27. The van der Waals surface area contributed by atoms with Crippen molar-refractivity contribution in [2.75, 3.05) is 11.9 Å². The van der Waals surface area contributed by atoms with Crippen molar-refractivity contribution in [1.29, 1.82) is 0 Å². The van der Waals surface area contributed by atoms with Crippen LogP contribution >= 0.6 is 0 Å². The van der Waals surface area contributed by atoms with Gasteiger partial charge in [0.25, 0.3) is 0 Å². The minimum Gasteiger partial charge on any atom is -0.481 e. The summed E-state index contributed by atoms with van der Waals surface area (Å²) in [5.74, 6) is 0.0465. The highest BCUT2D eigenvalue weighted by atomic mass is 16.5. The Morgan fingerprint density at radius 2 is 1.86 bits per heavy atom. The molecule has 0 spiro atoms. The van der Waals surface area contributed by atoms with Gasteiger partial charge in [0, 0.05) is 24.6 Å². The van der Waals surface area contributed by atoms with Crippen LogP contribution in [0.2, 0.25) is 0 Å². The van der Waals surface area contributed by atoms with Gasteiger partial charge in [-0.1, -0.05) is 30.4 Å². The number of aliphatic carboxylic acids is 1. The molecule has 2 aliphatic heterocycles. The first kappa shape index (κ1) is 20.4. The van der Waals surface area contributed by atoms with E-state index in [0.29, 0.717) is 30.9 Å². The molecule has 0 aliphatic carbocycles. The van der Waals surface area contributed by atoms with Crippen molar-refractivity contribution in [2.45, 2.75) is 50.7 Å². The minimum absolute atomic E-state index is 0.213. The molecule has 2 aliphatic rings. The molecule has 7 heteroatoms. The van der Waals surface area contributed by atoms with E-state index in [2.05, 4.69) is 28.3 Å². The molecule has 0 aromatic heterocycles. The molecule has 2 bridgehead atoms. The number of anilines is 1. The van der Waals surface area contributed by atoms with Crippen LogP contribution in [0, 0.1) is 11.8 Å². The second-order valence-corrected chi connectivity index (χ2v) is 7.44. The number of benzene rings is 1. The van der Waals surface area contributed by atoms with E-state index in [1.54, 1.807) is 0 Å². The van der Waals surface area contributed by atoms with Crippen LogP contribution in [0.4, 0.5) is 10.5 Å². The molecule has 1 aromatic carbocycles. The molecular formula is C21H29N3O4. The summed E-state index contributed by atoms with van der Waals surface area (Å²) in [7, 11) is 0. The fourth-order valence-electron chi connectivity index (χ4n) is 4.16. The third-order valence-electron chi connectivity index (χ3n) is 5.50. The van der Waals surface area contributed by atoms with Gasteiger partial charge in [-0.05, 0) is 50.2 Å². The second kappa shape index (κ2) is 10.2. The molecule has 2 saturated heterocycles. The molecule has 0 saturated carbocycles. The normalized spacial score (nSPS) is 25.9. The number of fused-ring (bicyclic) bond motifs is 2. The van der Waals surface area contributed by atoms with E-state index >= 15 is 0 Å². The number of ether oxygens (including phenoxy) is 1. The lowest BCUT2D eigenvalue weighted by Gasteiger charge is -2.27. The molecule has 1 aromatic rings. The Kier molecular flexibility index (Phi) is 7.45. The van der Waals surface area contributed by atoms with Gasteiger partial charge in [-0.2, -0.15) is 0 Å². The predicted molar refractivity (Wildman–Crippen MR) is 107 cm³/mol. The number of urea groups is 1. The number of carboxylic acid groups (broad SMARTS) is 1. The Labute approximate surface area is 165 Å². The molecule has 4 N–H and O–H groups in total. The number of nitrogens with one attached hydrogen (secondary N) is 3. The minimum atomic E-state index is -0.746. The molecule has 152 valence electrons. The first-order valence-electron chi connectivity index (χ1n) is 10.0. The Morgan fingerprint density at radius 3 is 2.61 bits per heavy atom. The number of amides is 2. The van der Waals surface area contributed by atoms with Crippen molar-refractivity contribution in [2.24, 2.45) is 11.8 Å². The van der Waals surface area contributed by atoms with Crippen LogP contribution in [0.3, 0.4) is 0 Å². The van der Waals surface area contributed by atoms with Crippen molar-refractivity contribution in [3.63, 3.8) is 0 Å². The summed E-state index contributed by atoms with van der Waals surface area (Å²) in [5, 5.41) is 11.4. The smallest absolute Gasteiger partial charge is 0.333 e. The quantitative estimate of drug-likeness (QED) is 0.280.